The predicted molar refractivity (Wildman–Crippen MR) is 81.9 cm³/mol. The van der Waals surface area contributed by atoms with Gasteiger partial charge in [-0.15, -0.1) is 0 Å². The van der Waals surface area contributed by atoms with Crippen LogP contribution in [0.4, 0.5) is 5.95 Å². The minimum absolute atomic E-state index is 0.426. The van der Waals surface area contributed by atoms with Gasteiger partial charge >= 0.3 is 0 Å². The van der Waals surface area contributed by atoms with Crippen molar-refractivity contribution in [2.75, 3.05) is 25.5 Å². The van der Waals surface area contributed by atoms with E-state index < -0.39 is 0 Å². The third-order valence-electron chi connectivity index (χ3n) is 3.97. The summed E-state index contributed by atoms with van der Waals surface area (Å²) in [6.07, 6.45) is 9.40. The minimum Gasteiger partial charge on any atom is -0.347 e. The van der Waals surface area contributed by atoms with Crippen LogP contribution >= 0.6 is 0 Å². The lowest BCUT2D eigenvalue weighted by Crippen LogP contribution is -2.33. The molecule has 3 rings (SSSR count). The predicted octanol–water partition coefficient (Wildman–Crippen LogP) is 1.99. The van der Waals surface area contributed by atoms with Crippen molar-refractivity contribution in [2.45, 2.75) is 31.8 Å². The molecule has 0 amide bonds. The molecule has 0 aromatic carbocycles. The monoisotopic (exact) mass is 286 g/mol. The highest BCUT2D eigenvalue weighted by Gasteiger charge is 2.25. The maximum Gasteiger partial charge on any atom is 0.224 e. The number of hydrogen-bond donors (Lipinski definition) is 1. The summed E-state index contributed by atoms with van der Waals surface area (Å²) < 4.78 is 0. The second-order valence-electron chi connectivity index (χ2n) is 5.78. The molecule has 0 saturated carbocycles. The van der Waals surface area contributed by atoms with Crippen molar-refractivity contribution in [3.63, 3.8) is 0 Å². The molecule has 0 radical (unpaired) electrons. The molecule has 1 aliphatic heterocycles. The van der Waals surface area contributed by atoms with Gasteiger partial charge in [0.1, 0.15) is 0 Å². The molecule has 3 heterocycles. The molecule has 0 unspecified atom stereocenters. The van der Waals surface area contributed by atoms with Crippen LogP contribution in [-0.4, -0.2) is 45.7 Å². The van der Waals surface area contributed by atoms with Gasteiger partial charge in [0.25, 0.3) is 0 Å². The first-order valence-electron chi connectivity index (χ1n) is 7.45. The van der Waals surface area contributed by atoms with Gasteiger partial charge in [-0.1, -0.05) is 6.42 Å². The number of rotatable bonds is 4. The molecule has 0 bridgehead atoms. The van der Waals surface area contributed by atoms with Gasteiger partial charge in [0, 0.05) is 44.8 Å². The molecule has 0 spiro atoms. The number of piperidine rings is 1. The Morgan fingerprint density at radius 2 is 2.10 bits per heavy atom. The molecular weight excluding hydrogens is 264 g/mol. The first kappa shape index (κ1) is 14.0. The zero-order valence-corrected chi connectivity index (χ0v) is 12.7. The number of H-pyrrole nitrogens is 1. The van der Waals surface area contributed by atoms with Crippen LogP contribution in [0.15, 0.2) is 24.7 Å². The van der Waals surface area contributed by atoms with E-state index in [2.05, 4.69) is 31.1 Å². The highest BCUT2D eigenvalue weighted by molar-refractivity contribution is 5.26. The summed E-state index contributed by atoms with van der Waals surface area (Å²) in [6.45, 7) is 2.00. The van der Waals surface area contributed by atoms with Gasteiger partial charge in [-0.3, -0.25) is 10.00 Å². The third kappa shape index (κ3) is 3.21. The van der Waals surface area contributed by atoms with Crippen LogP contribution in [-0.2, 0) is 6.54 Å². The maximum absolute atomic E-state index is 4.40. The van der Waals surface area contributed by atoms with Crippen molar-refractivity contribution in [3.8, 4) is 0 Å². The minimum atomic E-state index is 0.426. The first-order valence-corrected chi connectivity index (χ1v) is 7.45. The van der Waals surface area contributed by atoms with Gasteiger partial charge in [-0.05, 0) is 25.5 Å². The summed E-state index contributed by atoms with van der Waals surface area (Å²) >= 11 is 0. The highest BCUT2D eigenvalue weighted by Crippen LogP contribution is 2.30. The van der Waals surface area contributed by atoms with Gasteiger partial charge < -0.3 is 4.90 Å². The smallest absolute Gasteiger partial charge is 0.224 e. The van der Waals surface area contributed by atoms with E-state index in [0.717, 1.165) is 24.6 Å². The number of nitrogens with zero attached hydrogens (tertiary/aromatic N) is 5. The highest BCUT2D eigenvalue weighted by atomic mass is 15.2. The fraction of sp³-hybridized carbons (Fsp3) is 0.533. The molecular formula is C15H22N6. The number of nitrogens with one attached hydrogen (secondary N) is 1. The number of likely N-dealkylation sites (tertiary alicyclic amines) is 1. The Balaban J connectivity index is 1.72. The fourth-order valence-electron chi connectivity index (χ4n) is 2.88. The SMILES string of the molecule is CN(C)c1ncc(CN2CCCC[C@H]2c2ccn[nH]2)cn1. The number of aromatic amines is 1. The maximum atomic E-state index is 4.40. The Morgan fingerprint density at radius 3 is 2.76 bits per heavy atom. The first-order chi connectivity index (χ1) is 10.2. The van der Waals surface area contributed by atoms with E-state index in [-0.39, 0.29) is 0 Å². The summed E-state index contributed by atoms with van der Waals surface area (Å²) in [4.78, 5) is 13.2. The van der Waals surface area contributed by atoms with Crippen molar-refractivity contribution in [3.05, 3.63) is 35.9 Å². The lowest BCUT2D eigenvalue weighted by atomic mass is 9.99. The second-order valence-corrected chi connectivity index (χ2v) is 5.78. The van der Waals surface area contributed by atoms with Crippen LogP contribution in [0.3, 0.4) is 0 Å². The van der Waals surface area contributed by atoms with Crippen LogP contribution < -0.4 is 4.90 Å². The van der Waals surface area contributed by atoms with Crippen molar-refractivity contribution in [1.29, 1.82) is 0 Å². The molecule has 1 N–H and O–H groups in total. The Kier molecular flexibility index (Phi) is 4.15. The Morgan fingerprint density at radius 1 is 1.29 bits per heavy atom. The second kappa shape index (κ2) is 6.22. The number of anilines is 1. The van der Waals surface area contributed by atoms with Crippen LogP contribution in [0.2, 0.25) is 0 Å². The van der Waals surface area contributed by atoms with Gasteiger partial charge in [-0.25, -0.2) is 9.97 Å². The van der Waals surface area contributed by atoms with Crippen LogP contribution in [0, 0.1) is 0 Å². The summed E-state index contributed by atoms with van der Waals surface area (Å²) in [6, 6.07) is 2.50. The fourth-order valence-corrected chi connectivity index (χ4v) is 2.88. The zero-order valence-electron chi connectivity index (χ0n) is 12.7. The third-order valence-corrected chi connectivity index (χ3v) is 3.97. The molecule has 6 nitrogen and oxygen atoms in total. The summed E-state index contributed by atoms with van der Waals surface area (Å²) in [5, 5.41) is 7.21. The quantitative estimate of drug-likeness (QED) is 0.931. The van der Waals surface area contributed by atoms with Crippen molar-refractivity contribution >= 4 is 5.95 Å². The average molecular weight is 286 g/mol. The number of hydrogen-bond acceptors (Lipinski definition) is 5. The van der Waals surface area contributed by atoms with Gasteiger partial charge in [0.05, 0.1) is 11.7 Å². The van der Waals surface area contributed by atoms with E-state index in [0.29, 0.717) is 6.04 Å². The number of aromatic nitrogens is 4. The molecule has 2 aromatic rings. The van der Waals surface area contributed by atoms with Gasteiger partial charge in [-0.2, -0.15) is 5.10 Å². The van der Waals surface area contributed by atoms with E-state index in [9.17, 15) is 0 Å². The normalized spacial score (nSPS) is 19.6. The molecule has 1 aliphatic rings. The van der Waals surface area contributed by atoms with Crippen LogP contribution in [0.5, 0.6) is 0 Å². The molecule has 2 aromatic heterocycles. The van der Waals surface area contributed by atoms with E-state index in [1.54, 1.807) is 0 Å². The zero-order chi connectivity index (χ0) is 14.7. The standard InChI is InChI=1S/C15H22N6/c1-20(2)15-16-9-12(10-17-15)11-21-8-4-3-5-14(21)13-6-7-18-19-13/h6-7,9-10,14H,3-5,8,11H2,1-2H3,(H,18,19)/t14-/m0/s1. The summed E-state index contributed by atoms with van der Waals surface area (Å²) in [5.74, 6) is 0.752. The van der Waals surface area contributed by atoms with Crippen molar-refractivity contribution in [2.24, 2.45) is 0 Å². The topological polar surface area (TPSA) is 60.9 Å². The van der Waals surface area contributed by atoms with Crippen molar-refractivity contribution < 1.29 is 0 Å². The van der Waals surface area contributed by atoms with E-state index in [1.807, 2.05) is 37.6 Å². The van der Waals surface area contributed by atoms with E-state index >= 15 is 0 Å². The molecule has 1 fully saturated rings. The van der Waals surface area contributed by atoms with Crippen molar-refractivity contribution in [1.82, 2.24) is 25.1 Å². The lowest BCUT2D eigenvalue weighted by Gasteiger charge is -2.34. The molecule has 21 heavy (non-hydrogen) atoms. The summed E-state index contributed by atoms with van der Waals surface area (Å²) in [5.41, 5.74) is 2.37. The Bertz CT molecular complexity index is 548. The van der Waals surface area contributed by atoms with Gasteiger partial charge in [0.15, 0.2) is 0 Å². The lowest BCUT2D eigenvalue weighted by molar-refractivity contribution is 0.137. The van der Waals surface area contributed by atoms with Gasteiger partial charge in [0.2, 0.25) is 5.95 Å². The van der Waals surface area contributed by atoms with Crippen LogP contribution in [0.25, 0.3) is 0 Å². The average Bonchev–Trinajstić information content (AvgIpc) is 3.02. The molecule has 1 atom stereocenters. The van der Waals surface area contributed by atoms with Crippen LogP contribution in [0.1, 0.15) is 36.6 Å². The van der Waals surface area contributed by atoms with E-state index in [1.165, 1.54) is 25.0 Å². The molecule has 112 valence electrons. The van der Waals surface area contributed by atoms with E-state index in [4.69, 9.17) is 0 Å². The molecule has 0 aliphatic carbocycles. The molecule has 6 heteroatoms. The Labute approximate surface area is 125 Å². The Hall–Kier alpha value is -1.95. The molecule has 1 saturated heterocycles. The largest absolute Gasteiger partial charge is 0.347 e. The summed E-state index contributed by atoms with van der Waals surface area (Å²) in [7, 11) is 3.90.